The van der Waals surface area contributed by atoms with Crippen LogP contribution in [0, 0.1) is 13.8 Å². The first kappa shape index (κ1) is 18.9. The number of piperazine rings is 1. The summed E-state index contributed by atoms with van der Waals surface area (Å²) in [7, 11) is 0. The fourth-order valence-corrected chi connectivity index (χ4v) is 3.45. The van der Waals surface area contributed by atoms with E-state index in [4.69, 9.17) is 0 Å². The molecule has 1 aliphatic heterocycles. The van der Waals surface area contributed by atoms with Crippen molar-refractivity contribution in [3.8, 4) is 0 Å². The van der Waals surface area contributed by atoms with Crippen molar-refractivity contribution in [1.29, 1.82) is 0 Å². The smallest absolute Gasteiger partial charge is 0.254 e. The third kappa shape index (κ3) is 4.37. The molecule has 1 amide bonds. The Balaban J connectivity index is 1.40. The highest BCUT2D eigenvalue weighted by Gasteiger charge is 2.24. The average Bonchev–Trinajstić information content (AvgIpc) is 2.76. The minimum absolute atomic E-state index is 0.0958. The number of hydrogen-bond acceptors (Lipinski definition) is 5. The van der Waals surface area contributed by atoms with Crippen molar-refractivity contribution in [1.82, 2.24) is 14.9 Å². The first-order valence-electron chi connectivity index (χ1n) is 9.87. The molecule has 0 saturated carbocycles. The molecule has 148 valence electrons. The summed E-state index contributed by atoms with van der Waals surface area (Å²) in [6.07, 6.45) is 1.77. The Hall–Kier alpha value is -3.41. The second-order valence-electron chi connectivity index (χ2n) is 7.33. The normalized spacial score (nSPS) is 14.0. The molecule has 0 spiro atoms. The van der Waals surface area contributed by atoms with Gasteiger partial charge in [-0.3, -0.25) is 4.79 Å². The van der Waals surface area contributed by atoms with Crippen molar-refractivity contribution in [2.24, 2.45) is 0 Å². The monoisotopic (exact) mass is 387 g/mol. The lowest BCUT2D eigenvalue weighted by Crippen LogP contribution is -2.49. The number of anilines is 3. The van der Waals surface area contributed by atoms with Gasteiger partial charge in [-0.15, -0.1) is 0 Å². The largest absolute Gasteiger partial charge is 0.340 e. The van der Waals surface area contributed by atoms with Gasteiger partial charge in [-0.1, -0.05) is 35.9 Å². The number of carbonyl (C=O) groups excluding carboxylic acids is 1. The molecule has 1 saturated heterocycles. The van der Waals surface area contributed by atoms with Gasteiger partial charge in [0, 0.05) is 43.6 Å². The van der Waals surface area contributed by atoms with E-state index in [0.29, 0.717) is 32.1 Å². The van der Waals surface area contributed by atoms with E-state index in [2.05, 4.69) is 39.2 Å². The fraction of sp³-hybridized carbons (Fsp3) is 0.261. The van der Waals surface area contributed by atoms with Crippen LogP contribution in [0.4, 0.5) is 17.5 Å². The molecule has 0 bridgehead atoms. The van der Waals surface area contributed by atoms with Gasteiger partial charge in [-0.25, -0.2) is 4.98 Å². The Morgan fingerprint density at radius 1 is 0.931 bits per heavy atom. The van der Waals surface area contributed by atoms with Crippen LogP contribution in [0.1, 0.15) is 21.5 Å². The predicted octanol–water partition coefficient (Wildman–Crippen LogP) is 3.80. The van der Waals surface area contributed by atoms with E-state index in [-0.39, 0.29) is 5.91 Å². The average molecular weight is 387 g/mol. The molecule has 1 fully saturated rings. The molecule has 0 aliphatic carbocycles. The second-order valence-corrected chi connectivity index (χ2v) is 7.33. The Bertz CT molecular complexity index is 994. The SMILES string of the molecule is Cc1ccc(Nc2ccnc(N3CCN(C(=O)c4ccccc4C)CC3)n2)cc1. The molecule has 4 rings (SSSR count). The topological polar surface area (TPSA) is 61.4 Å². The summed E-state index contributed by atoms with van der Waals surface area (Å²) in [4.78, 5) is 25.9. The van der Waals surface area contributed by atoms with E-state index < -0.39 is 0 Å². The molecule has 2 aromatic carbocycles. The molecule has 0 radical (unpaired) electrons. The Labute approximate surface area is 171 Å². The third-order valence-electron chi connectivity index (χ3n) is 5.19. The quantitative estimate of drug-likeness (QED) is 0.738. The van der Waals surface area contributed by atoms with Crippen molar-refractivity contribution in [3.63, 3.8) is 0 Å². The minimum Gasteiger partial charge on any atom is -0.340 e. The summed E-state index contributed by atoms with van der Waals surface area (Å²) in [6, 6.07) is 17.8. The van der Waals surface area contributed by atoms with E-state index >= 15 is 0 Å². The predicted molar refractivity (Wildman–Crippen MR) is 116 cm³/mol. The maximum Gasteiger partial charge on any atom is 0.254 e. The van der Waals surface area contributed by atoms with Gasteiger partial charge >= 0.3 is 0 Å². The zero-order valence-corrected chi connectivity index (χ0v) is 16.8. The van der Waals surface area contributed by atoms with Gasteiger partial charge in [0.25, 0.3) is 5.91 Å². The first-order valence-corrected chi connectivity index (χ1v) is 9.87. The molecular weight excluding hydrogens is 362 g/mol. The maximum absolute atomic E-state index is 12.8. The van der Waals surface area contributed by atoms with Crippen molar-refractivity contribution >= 4 is 23.4 Å². The van der Waals surface area contributed by atoms with Crippen LogP contribution in [-0.4, -0.2) is 47.0 Å². The number of nitrogens with zero attached hydrogens (tertiary/aromatic N) is 4. The summed E-state index contributed by atoms with van der Waals surface area (Å²) in [5.41, 5.74) is 4.01. The number of hydrogen-bond donors (Lipinski definition) is 1. The van der Waals surface area contributed by atoms with Gasteiger partial charge in [0.05, 0.1) is 0 Å². The molecule has 0 atom stereocenters. The highest BCUT2D eigenvalue weighted by atomic mass is 16.2. The molecule has 0 unspecified atom stereocenters. The van der Waals surface area contributed by atoms with E-state index in [1.807, 2.05) is 54.3 Å². The highest BCUT2D eigenvalue weighted by Crippen LogP contribution is 2.19. The number of aryl methyl sites for hydroxylation is 2. The van der Waals surface area contributed by atoms with Crippen LogP contribution in [0.3, 0.4) is 0 Å². The lowest BCUT2D eigenvalue weighted by molar-refractivity contribution is 0.0745. The summed E-state index contributed by atoms with van der Waals surface area (Å²) < 4.78 is 0. The second kappa shape index (κ2) is 8.31. The maximum atomic E-state index is 12.8. The van der Waals surface area contributed by atoms with Crippen molar-refractivity contribution < 1.29 is 4.79 Å². The molecule has 3 aromatic rings. The lowest BCUT2D eigenvalue weighted by atomic mass is 10.1. The van der Waals surface area contributed by atoms with Gasteiger partial charge in [0.1, 0.15) is 5.82 Å². The van der Waals surface area contributed by atoms with Gasteiger partial charge in [-0.05, 0) is 43.7 Å². The molecule has 2 heterocycles. The number of benzene rings is 2. The van der Waals surface area contributed by atoms with Gasteiger partial charge in [0.15, 0.2) is 0 Å². The van der Waals surface area contributed by atoms with Crippen LogP contribution < -0.4 is 10.2 Å². The summed E-state index contributed by atoms with van der Waals surface area (Å²) in [6.45, 7) is 6.79. The van der Waals surface area contributed by atoms with E-state index in [9.17, 15) is 4.79 Å². The Morgan fingerprint density at radius 2 is 1.66 bits per heavy atom. The molecule has 6 nitrogen and oxygen atoms in total. The van der Waals surface area contributed by atoms with E-state index in [1.54, 1.807) is 6.20 Å². The number of carbonyl (C=O) groups is 1. The van der Waals surface area contributed by atoms with Crippen LogP contribution in [0.5, 0.6) is 0 Å². The Morgan fingerprint density at radius 3 is 2.38 bits per heavy atom. The Kier molecular flexibility index (Phi) is 5.42. The van der Waals surface area contributed by atoms with Gasteiger partial charge in [0.2, 0.25) is 5.95 Å². The molecular formula is C23H25N5O. The lowest BCUT2D eigenvalue weighted by Gasteiger charge is -2.35. The number of rotatable bonds is 4. The zero-order chi connectivity index (χ0) is 20.2. The summed E-state index contributed by atoms with van der Waals surface area (Å²) >= 11 is 0. The number of amides is 1. The first-order chi connectivity index (χ1) is 14.1. The van der Waals surface area contributed by atoms with E-state index in [1.165, 1.54) is 5.56 Å². The molecule has 29 heavy (non-hydrogen) atoms. The van der Waals surface area contributed by atoms with Crippen LogP contribution >= 0.6 is 0 Å². The van der Waals surface area contributed by atoms with Crippen molar-refractivity contribution in [2.45, 2.75) is 13.8 Å². The molecule has 1 aliphatic rings. The van der Waals surface area contributed by atoms with E-state index in [0.717, 1.165) is 22.6 Å². The molecule has 6 heteroatoms. The van der Waals surface area contributed by atoms with Crippen molar-refractivity contribution in [2.75, 3.05) is 36.4 Å². The van der Waals surface area contributed by atoms with Crippen molar-refractivity contribution in [3.05, 3.63) is 77.5 Å². The van der Waals surface area contributed by atoms with Crippen LogP contribution in [0.25, 0.3) is 0 Å². The number of nitrogens with one attached hydrogen (secondary N) is 1. The molecule has 1 aromatic heterocycles. The third-order valence-corrected chi connectivity index (χ3v) is 5.19. The number of aromatic nitrogens is 2. The van der Waals surface area contributed by atoms with Crippen LogP contribution in [0.15, 0.2) is 60.8 Å². The summed E-state index contributed by atoms with van der Waals surface area (Å²) in [5.74, 6) is 1.54. The van der Waals surface area contributed by atoms with Crippen LogP contribution in [-0.2, 0) is 0 Å². The van der Waals surface area contributed by atoms with Gasteiger partial charge < -0.3 is 15.1 Å². The van der Waals surface area contributed by atoms with Gasteiger partial charge in [-0.2, -0.15) is 4.98 Å². The zero-order valence-electron chi connectivity index (χ0n) is 16.8. The fourth-order valence-electron chi connectivity index (χ4n) is 3.45. The standard InChI is InChI=1S/C23H25N5O/c1-17-7-9-19(10-8-17)25-21-11-12-24-23(26-21)28-15-13-27(14-16-28)22(29)20-6-4-3-5-18(20)2/h3-12H,13-16H2,1-2H3,(H,24,25,26). The minimum atomic E-state index is 0.0958. The van der Waals surface area contributed by atoms with Crippen LogP contribution in [0.2, 0.25) is 0 Å². The summed E-state index contributed by atoms with van der Waals surface area (Å²) in [5, 5.41) is 3.32. The highest BCUT2D eigenvalue weighted by molar-refractivity contribution is 5.95. The molecule has 1 N–H and O–H groups in total.